The molecule has 0 aliphatic carbocycles. The summed E-state index contributed by atoms with van der Waals surface area (Å²) in [6.07, 6.45) is 1.28. The highest BCUT2D eigenvalue weighted by Crippen LogP contribution is 2.23. The Morgan fingerprint density at radius 1 is 0.839 bits per heavy atom. The molecule has 0 spiro atoms. The molecule has 1 aliphatic heterocycles. The third-order valence-corrected chi connectivity index (χ3v) is 5.93. The first-order valence-electron chi connectivity index (χ1n) is 10.8. The second kappa shape index (κ2) is 9.61. The van der Waals surface area contributed by atoms with Crippen molar-refractivity contribution in [2.75, 3.05) is 13.1 Å². The Bertz CT molecular complexity index is 1040. The number of ether oxygens (including phenoxy) is 1. The summed E-state index contributed by atoms with van der Waals surface area (Å²) in [5.41, 5.74) is 4.99. The molecular formula is C27H27NO3. The Morgan fingerprint density at radius 2 is 1.45 bits per heavy atom. The number of carbonyl (C=O) groups excluding carboxylic acids is 2. The van der Waals surface area contributed by atoms with Crippen LogP contribution in [-0.4, -0.2) is 29.9 Å². The van der Waals surface area contributed by atoms with Gasteiger partial charge in [0.15, 0.2) is 0 Å². The molecule has 3 aromatic rings. The van der Waals surface area contributed by atoms with E-state index < -0.39 is 0 Å². The molecule has 0 radical (unpaired) electrons. The van der Waals surface area contributed by atoms with Gasteiger partial charge in [-0.2, -0.15) is 0 Å². The normalized spacial score (nSPS) is 14.3. The minimum Gasteiger partial charge on any atom is -0.461 e. The average Bonchev–Trinajstić information content (AvgIpc) is 2.83. The molecule has 4 rings (SSSR count). The van der Waals surface area contributed by atoms with Crippen LogP contribution < -0.4 is 0 Å². The fourth-order valence-electron chi connectivity index (χ4n) is 4.00. The summed E-state index contributed by atoms with van der Waals surface area (Å²) < 4.78 is 5.57. The second-order valence-corrected chi connectivity index (χ2v) is 8.05. The number of rotatable bonds is 5. The van der Waals surface area contributed by atoms with Crippen LogP contribution in [0.1, 0.15) is 34.3 Å². The van der Waals surface area contributed by atoms with E-state index in [1.165, 1.54) is 0 Å². The van der Waals surface area contributed by atoms with Gasteiger partial charge in [0.05, 0.1) is 5.92 Å². The molecule has 0 aromatic heterocycles. The monoisotopic (exact) mass is 413 g/mol. The summed E-state index contributed by atoms with van der Waals surface area (Å²) in [5.74, 6) is -0.275. The quantitative estimate of drug-likeness (QED) is 0.536. The zero-order valence-corrected chi connectivity index (χ0v) is 17.8. The number of nitrogens with zero attached hydrogens (tertiary/aromatic N) is 1. The van der Waals surface area contributed by atoms with Gasteiger partial charge in [0.1, 0.15) is 6.61 Å². The Hall–Kier alpha value is -3.40. The summed E-state index contributed by atoms with van der Waals surface area (Å²) >= 11 is 0. The molecule has 1 fully saturated rings. The van der Waals surface area contributed by atoms with E-state index in [9.17, 15) is 9.59 Å². The Morgan fingerprint density at radius 3 is 2.13 bits per heavy atom. The molecule has 4 nitrogen and oxygen atoms in total. The summed E-state index contributed by atoms with van der Waals surface area (Å²) in [7, 11) is 0. The molecular weight excluding hydrogens is 386 g/mol. The molecule has 3 aromatic carbocycles. The highest BCUT2D eigenvalue weighted by Gasteiger charge is 2.29. The van der Waals surface area contributed by atoms with E-state index in [-0.39, 0.29) is 24.4 Å². The van der Waals surface area contributed by atoms with Gasteiger partial charge in [-0.25, -0.2) is 0 Å². The summed E-state index contributed by atoms with van der Waals surface area (Å²) in [4.78, 5) is 27.1. The van der Waals surface area contributed by atoms with Crippen molar-refractivity contribution >= 4 is 11.9 Å². The van der Waals surface area contributed by atoms with Crippen LogP contribution in [0.3, 0.4) is 0 Å². The van der Waals surface area contributed by atoms with Crippen LogP contribution >= 0.6 is 0 Å². The first-order valence-corrected chi connectivity index (χ1v) is 10.8. The van der Waals surface area contributed by atoms with Gasteiger partial charge in [0.25, 0.3) is 5.91 Å². The zero-order valence-electron chi connectivity index (χ0n) is 17.8. The third-order valence-electron chi connectivity index (χ3n) is 5.93. The van der Waals surface area contributed by atoms with Gasteiger partial charge in [-0.3, -0.25) is 9.59 Å². The van der Waals surface area contributed by atoms with Crippen molar-refractivity contribution in [2.24, 2.45) is 5.92 Å². The molecule has 31 heavy (non-hydrogen) atoms. The third kappa shape index (κ3) is 5.02. The fourth-order valence-corrected chi connectivity index (χ4v) is 4.00. The first-order chi connectivity index (χ1) is 15.1. The molecule has 0 saturated carbocycles. The molecule has 1 saturated heterocycles. The topological polar surface area (TPSA) is 46.6 Å². The van der Waals surface area contributed by atoms with E-state index in [4.69, 9.17) is 4.74 Å². The van der Waals surface area contributed by atoms with Crippen molar-refractivity contribution in [1.29, 1.82) is 0 Å². The lowest BCUT2D eigenvalue weighted by molar-refractivity contribution is -0.151. The number of piperidine rings is 1. The summed E-state index contributed by atoms with van der Waals surface area (Å²) in [5, 5.41) is 0. The van der Waals surface area contributed by atoms with Crippen molar-refractivity contribution in [3.63, 3.8) is 0 Å². The van der Waals surface area contributed by atoms with Crippen LogP contribution in [0.2, 0.25) is 0 Å². The lowest BCUT2D eigenvalue weighted by Gasteiger charge is -2.31. The van der Waals surface area contributed by atoms with Crippen molar-refractivity contribution in [2.45, 2.75) is 26.4 Å². The van der Waals surface area contributed by atoms with Gasteiger partial charge in [-0.05, 0) is 48.1 Å². The van der Waals surface area contributed by atoms with Gasteiger partial charge in [0.2, 0.25) is 0 Å². The zero-order chi connectivity index (χ0) is 21.6. The van der Waals surface area contributed by atoms with Crippen LogP contribution in [0.4, 0.5) is 0 Å². The number of amides is 1. The number of esters is 1. The number of carbonyl (C=O) groups is 2. The molecule has 1 amide bonds. The first kappa shape index (κ1) is 20.9. The minimum absolute atomic E-state index is 0.0448. The molecule has 1 heterocycles. The van der Waals surface area contributed by atoms with E-state index in [1.54, 1.807) is 0 Å². The number of hydrogen-bond acceptors (Lipinski definition) is 3. The second-order valence-electron chi connectivity index (χ2n) is 8.05. The highest BCUT2D eigenvalue weighted by molar-refractivity contribution is 5.95. The van der Waals surface area contributed by atoms with Gasteiger partial charge < -0.3 is 9.64 Å². The molecule has 0 N–H and O–H groups in total. The van der Waals surface area contributed by atoms with E-state index in [0.29, 0.717) is 25.9 Å². The molecule has 158 valence electrons. The smallest absolute Gasteiger partial charge is 0.309 e. The maximum Gasteiger partial charge on any atom is 0.309 e. The SMILES string of the molecule is Cc1ccccc1C(=O)N1CCC(C(=O)OCc2ccc(-c3ccccc3)cc2)CC1. The number of likely N-dealkylation sites (tertiary alicyclic amines) is 1. The van der Waals surface area contributed by atoms with Crippen LogP contribution in [-0.2, 0) is 16.1 Å². The van der Waals surface area contributed by atoms with Crippen LogP contribution in [0.15, 0.2) is 78.9 Å². The Balaban J connectivity index is 1.27. The van der Waals surface area contributed by atoms with E-state index >= 15 is 0 Å². The van der Waals surface area contributed by atoms with E-state index in [2.05, 4.69) is 12.1 Å². The van der Waals surface area contributed by atoms with Gasteiger partial charge >= 0.3 is 5.97 Å². The Kier molecular flexibility index (Phi) is 6.46. The largest absolute Gasteiger partial charge is 0.461 e. The lowest BCUT2D eigenvalue weighted by Crippen LogP contribution is -2.40. The van der Waals surface area contributed by atoms with Crippen LogP contribution in [0.25, 0.3) is 11.1 Å². The maximum absolute atomic E-state index is 12.7. The van der Waals surface area contributed by atoms with Crippen LogP contribution in [0, 0.1) is 12.8 Å². The van der Waals surface area contributed by atoms with Gasteiger partial charge in [-0.1, -0.05) is 72.8 Å². The predicted octanol–water partition coefficient (Wildman–Crippen LogP) is 5.26. The molecule has 0 atom stereocenters. The van der Waals surface area contributed by atoms with E-state index in [0.717, 1.165) is 27.8 Å². The highest BCUT2D eigenvalue weighted by atomic mass is 16.5. The Labute approximate surface area is 183 Å². The predicted molar refractivity (Wildman–Crippen MR) is 121 cm³/mol. The minimum atomic E-state index is -0.171. The lowest BCUT2D eigenvalue weighted by atomic mass is 9.96. The van der Waals surface area contributed by atoms with Gasteiger partial charge in [-0.15, -0.1) is 0 Å². The van der Waals surface area contributed by atoms with Crippen molar-refractivity contribution in [3.05, 3.63) is 95.6 Å². The standard InChI is InChI=1S/C27H27NO3/c1-20-7-5-6-10-25(20)26(29)28-17-15-24(16-18-28)27(30)31-19-21-11-13-23(14-12-21)22-8-3-2-4-9-22/h2-14,24H,15-19H2,1H3. The molecule has 4 heteroatoms. The van der Waals surface area contributed by atoms with Gasteiger partial charge in [0, 0.05) is 18.7 Å². The average molecular weight is 414 g/mol. The van der Waals surface area contributed by atoms with Crippen LogP contribution in [0.5, 0.6) is 0 Å². The van der Waals surface area contributed by atoms with Crippen molar-refractivity contribution in [1.82, 2.24) is 4.90 Å². The van der Waals surface area contributed by atoms with Crippen molar-refractivity contribution < 1.29 is 14.3 Å². The molecule has 0 unspecified atom stereocenters. The molecule has 0 bridgehead atoms. The summed E-state index contributed by atoms with van der Waals surface area (Å²) in [6, 6.07) is 25.9. The fraction of sp³-hybridized carbons (Fsp3) is 0.259. The number of benzene rings is 3. The van der Waals surface area contributed by atoms with Crippen molar-refractivity contribution in [3.8, 4) is 11.1 Å². The van der Waals surface area contributed by atoms with E-state index in [1.807, 2.05) is 78.6 Å². The maximum atomic E-state index is 12.7. The number of hydrogen-bond donors (Lipinski definition) is 0. The number of aryl methyl sites for hydroxylation is 1. The summed E-state index contributed by atoms with van der Waals surface area (Å²) in [6.45, 7) is 3.39. The molecule has 1 aliphatic rings.